The summed E-state index contributed by atoms with van der Waals surface area (Å²) in [6, 6.07) is 18.6. The van der Waals surface area contributed by atoms with Crippen LogP contribution in [-0.4, -0.2) is 52.2 Å². The van der Waals surface area contributed by atoms with Crippen LogP contribution < -0.4 is 0 Å². The maximum absolute atomic E-state index is 13.0. The summed E-state index contributed by atoms with van der Waals surface area (Å²) in [5, 5.41) is 20.1. The van der Waals surface area contributed by atoms with Crippen LogP contribution >= 0.6 is 0 Å². The predicted octanol–water partition coefficient (Wildman–Crippen LogP) is 3.75. The highest BCUT2D eigenvalue weighted by molar-refractivity contribution is 5.68. The molecule has 0 radical (unpaired) electrons. The van der Waals surface area contributed by atoms with Gasteiger partial charge in [0.2, 0.25) is 0 Å². The molecule has 0 aliphatic heterocycles. The second-order valence-electron chi connectivity index (χ2n) is 8.24. The first-order chi connectivity index (χ1) is 14.3. The number of nitrogens with zero attached hydrogens (tertiary/aromatic N) is 1. The van der Waals surface area contributed by atoms with Gasteiger partial charge in [-0.1, -0.05) is 60.7 Å². The Morgan fingerprint density at radius 1 is 1.00 bits per heavy atom. The van der Waals surface area contributed by atoms with Crippen molar-refractivity contribution in [2.45, 2.75) is 58.1 Å². The Morgan fingerprint density at radius 3 is 2.10 bits per heavy atom. The summed E-state index contributed by atoms with van der Waals surface area (Å²) in [5.41, 5.74) is 1.23. The summed E-state index contributed by atoms with van der Waals surface area (Å²) in [7, 11) is 0. The Labute approximate surface area is 179 Å². The van der Waals surface area contributed by atoms with Crippen molar-refractivity contribution in [3.63, 3.8) is 0 Å². The zero-order valence-electron chi connectivity index (χ0n) is 18.0. The fourth-order valence-corrected chi connectivity index (χ4v) is 3.02. The number of hydrogen-bond donors (Lipinski definition) is 2. The summed E-state index contributed by atoms with van der Waals surface area (Å²) in [4.78, 5) is 14.5. The van der Waals surface area contributed by atoms with E-state index in [9.17, 15) is 15.0 Å². The van der Waals surface area contributed by atoms with E-state index in [1.165, 1.54) is 4.90 Å². The van der Waals surface area contributed by atoms with Crippen LogP contribution in [0.2, 0.25) is 0 Å². The molecule has 6 nitrogen and oxygen atoms in total. The summed E-state index contributed by atoms with van der Waals surface area (Å²) in [6.07, 6.45) is -1.35. The zero-order chi connectivity index (χ0) is 22.0. The molecule has 2 rings (SSSR count). The first kappa shape index (κ1) is 23.9. The van der Waals surface area contributed by atoms with Crippen LogP contribution in [0.25, 0.3) is 0 Å². The molecular weight excluding hydrogens is 382 g/mol. The topological polar surface area (TPSA) is 79.2 Å². The molecule has 0 spiro atoms. The van der Waals surface area contributed by atoms with E-state index < -0.39 is 23.8 Å². The standard InChI is InChI=1S/C24H33NO5/c1-24(2,3)30-23(28)25(16-19-10-6-4-7-11-19)21(22(27)14-15-26)18-29-17-20-12-8-5-9-13-20/h4-13,21-22,26-27H,14-18H2,1-3H3/t21-,22+/m1/s1. The molecule has 0 bridgehead atoms. The van der Waals surface area contributed by atoms with Crippen LogP contribution in [0.1, 0.15) is 38.3 Å². The molecule has 2 N–H and O–H groups in total. The van der Waals surface area contributed by atoms with Crippen molar-refractivity contribution in [1.82, 2.24) is 4.90 Å². The SMILES string of the molecule is CC(C)(C)OC(=O)N(Cc1ccccc1)[C@H](COCc1ccccc1)[C@@H](O)CCO. The van der Waals surface area contributed by atoms with Crippen molar-refractivity contribution in [2.75, 3.05) is 13.2 Å². The van der Waals surface area contributed by atoms with Gasteiger partial charge in [0, 0.05) is 13.2 Å². The maximum atomic E-state index is 13.0. The van der Waals surface area contributed by atoms with E-state index in [0.717, 1.165) is 11.1 Å². The summed E-state index contributed by atoms with van der Waals surface area (Å²) >= 11 is 0. The first-order valence-electron chi connectivity index (χ1n) is 10.2. The van der Waals surface area contributed by atoms with E-state index in [-0.39, 0.29) is 26.2 Å². The lowest BCUT2D eigenvalue weighted by molar-refractivity contribution is -0.0419. The molecule has 2 aromatic rings. The van der Waals surface area contributed by atoms with Crippen LogP contribution in [0.3, 0.4) is 0 Å². The Balaban J connectivity index is 2.21. The molecule has 1 amide bonds. The number of aliphatic hydroxyl groups excluding tert-OH is 2. The second-order valence-corrected chi connectivity index (χ2v) is 8.24. The third-order valence-electron chi connectivity index (χ3n) is 4.49. The number of hydrogen-bond acceptors (Lipinski definition) is 5. The van der Waals surface area contributed by atoms with E-state index >= 15 is 0 Å². The van der Waals surface area contributed by atoms with Gasteiger partial charge in [-0.25, -0.2) is 4.79 Å². The van der Waals surface area contributed by atoms with Gasteiger partial charge in [0.25, 0.3) is 0 Å². The van der Waals surface area contributed by atoms with Gasteiger partial charge in [-0.15, -0.1) is 0 Å². The number of aliphatic hydroxyl groups is 2. The van der Waals surface area contributed by atoms with Crippen molar-refractivity contribution in [3.05, 3.63) is 71.8 Å². The highest BCUT2D eigenvalue weighted by Crippen LogP contribution is 2.19. The molecule has 0 saturated heterocycles. The highest BCUT2D eigenvalue weighted by Gasteiger charge is 2.33. The lowest BCUT2D eigenvalue weighted by atomic mass is 10.1. The largest absolute Gasteiger partial charge is 0.444 e. The molecule has 0 unspecified atom stereocenters. The molecule has 0 aliphatic rings. The molecule has 0 aliphatic carbocycles. The van der Waals surface area contributed by atoms with Crippen molar-refractivity contribution in [2.24, 2.45) is 0 Å². The Bertz CT molecular complexity index is 745. The van der Waals surface area contributed by atoms with Gasteiger partial charge in [0.05, 0.1) is 25.4 Å². The number of benzene rings is 2. The molecule has 0 saturated carbocycles. The molecular formula is C24H33NO5. The average Bonchev–Trinajstić information content (AvgIpc) is 2.70. The minimum Gasteiger partial charge on any atom is -0.444 e. The smallest absolute Gasteiger partial charge is 0.411 e. The van der Waals surface area contributed by atoms with Crippen LogP contribution in [-0.2, 0) is 22.6 Å². The Kier molecular flexibility index (Phi) is 9.30. The second kappa shape index (κ2) is 11.7. The number of rotatable bonds is 10. The molecule has 0 fully saturated rings. The van der Waals surface area contributed by atoms with E-state index in [1.807, 2.05) is 60.7 Å². The minimum absolute atomic E-state index is 0.113. The van der Waals surface area contributed by atoms with Gasteiger partial charge in [-0.2, -0.15) is 0 Å². The monoisotopic (exact) mass is 415 g/mol. The molecule has 164 valence electrons. The van der Waals surface area contributed by atoms with E-state index in [2.05, 4.69) is 0 Å². The summed E-state index contributed by atoms with van der Waals surface area (Å²) in [6.45, 7) is 5.95. The number of ether oxygens (including phenoxy) is 2. The molecule has 2 aromatic carbocycles. The first-order valence-corrected chi connectivity index (χ1v) is 10.2. The van der Waals surface area contributed by atoms with Crippen molar-refractivity contribution in [3.8, 4) is 0 Å². The lowest BCUT2D eigenvalue weighted by Crippen LogP contribution is -2.51. The van der Waals surface area contributed by atoms with Crippen LogP contribution in [0, 0.1) is 0 Å². The maximum Gasteiger partial charge on any atom is 0.411 e. The van der Waals surface area contributed by atoms with Gasteiger partial charge in [0.1, 0.15) is 5.60 Å². The fraction of sp³-hybridized carbons (Fsp3) is 0.458. The summed E-state index contributed by atoms with van der Waals surface area (Å²) < 4.78 is 11.5. The van der Waals surface area contributed by atoms with Gasteiger partial charge >= 0.3 is 6.09 Å². The number of carbonyl (C=O) groups is 1. The van der Waals surface area contributed by atoms with E-state index in [4.69, 9.17) is 9.47 Å². The van der Waals surface area contributed by atoms with E-state index in [0.29, 0.717) is 6.61 Å². The van der Waals surface area contributed by atoms with Gasteiger partial charge < -0.3 is 19.7 Å². The molecule has 0 aromatic heterocycles. The molecule has 2 atom stereocenters. The van der Waals surface area contributed by atoms with Crippen LogP contribution in [0.15, 0.2) is 60.7 Å². The summed E-state index contributed by atoms with van der Waals surface area (Å²) in [5.74, 6) is 0. The average molecular weight is 416 g/mol. The minimum atomic E-state index is -0.956. The Hall–Kier alpha value is -2.41. The third kappa shape index (κ3) is 8.14. The van der Waals surface area contributed by atoms with Crippen LogP contribution in [0.4, 0.5) is 4.79 Å². The Morgan fingerprint density at radius 2 is 1.57 bits per heavy atom. The van der Waals surface area contributed by atoms with Crippen molar-refractivity contribution in [1.29, 1.82) is 0 Å². The fourth-order valence-electron chi connectivity index (χ4n) is 3.02. The molecule has 30 heavy (non-hydrogen) atoms. The zero-order valence-corrected chi connectivity index (χ0v) is 18.0. The van der Waals surface area contributed by atoms with Crippen molar-refractivity contribution < 1.29 is 24.5 Å². The molecule has 0 heterocycles. The quantitative estimate of drug-likeness (QED) is 0.618. The lowest BCUT2D eigenvalue weighted by Gasteiger charge is -2.36. The third-order valence-corrected chi connectivity index (χ3v) is 4.49. The highest BCUT2D eigenvalue weighted by atomic mass is 16.6. The molecule has 6 heteroatoms. The van der Waals surface area contributed by atoms with Gasteiger partial charge in [0.15, 0.2) is 0 Å². The van der Waals surface area contributed by atoms with Gasteiger partial charge in [-0.05, 0) is 38.3 Å². The van der Waals surface area contributed by atoms with Crippen LogP contribution in [0.5, 0.6) is 0 Å². The predicted molar refractivity (Wildman–Crippen MR) is 116 cm³/mol. The normalized spacial score (nSPS) is 13.5. The number of amides is 1. The number of carbonyl (C=O) groups excluding carboxylic acids is 1. The van der Waals surface area contributed by atoms with Gasteiger partial charge in [-0.3, -0.25) is 4.90 Å². The van der Waals surface area contributed by atoms with Crippen molar-refractivity contribution >= 4 is 6.09 Å². The van der Waals surface area contributed by atoms with E-state index in [1.54, 1.807) is 20.8 Å².